The lowest BCUT2D eigenvalue weighted by Gasteiger charge is -2.12. The molecule has 1 aliphatic heterocycles. The molecule has 2 rings (SSSR count). The van der Waals surface area contributed by atoms with E-state index in [0.29, 0.717) is 11.6 Å². The molecule has 0 spiro atoms. The highest BCUT2D eigenvalue weighted by Gasteiger charge is 2.18. The lowest BCUT2D eigenvalue weighted by atomic mass is 10.1. The van der Waals surface area contributed by atoms with Crippen molar-refractivity contribution >= 4 is 5.97 Å². The molecule has 1 aromatic rings. The number of esters is 1. The maximum Gasteiger partial charge on any atom is 0.354 e. The van der Waals surface area contributed by atoms with Crippen LogP contribution >= 0.6 is 0 Å². The van der Waals surface area contributed by atoms with Crippen LogP contribution in [-0.4, -0.2) is 30.7 Å². The van der Waals surface area contributed by atoms with Crippen LogP contribution in [-0.2, 0) is 11.3 Å². The standard InChI is InChI=1S/C11H16N2O2/c1-15-11(14)10-3-2-6-13(10)8-9-4-5-12-7-9/h2-3,6,9,12H,4-5,7-8H2,1H3. The fraction of sp³-hybridized carbons (Fsp3) is 0.545. The number of aromatic nitrogens is 1. The van der Waals surface area contributed by atoms with Gasteiger partial charge in [-0.25, -0.2) is 4.79 Å². The quantitative estimate of drug-likeness (QED) is 0.750. The SMILES string of the molecule is COC(=O)c1cccn1CC1CCNC1. The molecule has 1 fully saturated rings. The molecule has 0 bridgehead atoms. The smallest absolute Gasteiger partial charge is 0.354 e. The minimum Gasteiger partial charge on any atom is -0.464 e. The fourth-order valence-corrected chi connectivity index (χ4v) is 2.01. The molecule has 4 heteroatoms. The number of methoxy groups -OCH3 is 1. The first kappa shape index (κ1) is 10.2. The summed E-state index contributed by atoms with van der Waals surface area (Å²) in [5, 5.41) is 3.32. The molecule has 0 aromatic carbocycles. The minimum absolute atomic E-state index is 0.258. The van der Waals surface area contributed by atoms with Gasteiger partial charge in [0.05, 0.1) is 7.11 Å². The molecule has 1 atom stereocenters. The van der Waals surface area contributed by atoms with E-state index in [4.69, 9.17) is 4.74 Å². The molecule has 0 aliphatic carbocycles. The van der Waals surface area contributed by atoms with Crippen molar-refractivity contribution in [1.29, 1.82) is 0 Å². The molecule has 0 amide bonds. The van der Waals surface area contributed by atoms with Crippen molar-refractivity contribution in [3.05, 3.63) is 24.0 Å². The molecular weight excluding hydrogens is 192 g/mol. The van der Waals surface area contributed by atoms with E-state index in [2.05, 4.69) is 5.32 Å². The molecule has 4 nitrogen and oxygen atoms in total. The van der Waals surface area contributed by atoms with Gasteiger partial charge in [-0.2, -0.15) is 0 Å². The summed E-state index contributed by atoms with van der Waals surface area (Å²) in [6.07, 6.45) is 3.11. The highest BCUT2D eigenvalue weighted by molar-refractivity contribution is 5.87. The van der Waals surface area contributed by atoms with Crippen LogP contribution in [0.15, 0.2) is 18.3 Å². The van der Waals surface area contributed by atoms with E-state index in [-0.39, 0.29) is 5.97 Å². The lowest BCUT2D eigenvalue weighted by Crippen LogP contribution is -2.17. The monoisotopic (exact) mass is 208 g/mol. The second-order valence-electron chi connectivity index (χ2n) is 3.90. The summed E-state index contributed by atoms with van der Waals surface area (Å²) in [6, 6.07) is 3.68. The fourth-order valence-electron chi connectivity index (χ4n) is 2.01. The Morgan fingerprint density at radius 3 is 3.27 bits per heavy atom. The van der Waals surface area contributed by atoms with Crippen LogP contribution in [0, 0.1) is 5.92 Å². The van der Waals surface area contributed by atoms with E-state index in [1.54, 1.807) is 6.07 Å². The predicted octanol–water partition coefficient (Wildman–Crippen LogP) is 0.884. The summed E-state index contributed by atoms with van der Waals surface area (Å²) in [5.41, 5.74) is 0.643. The summed E-state index contributed by atoms with van der Waals surface area (Å²) in [5.74, 6) is 0.367. The van der Waals surface area contributed by atoms with E-state index >= 15 is 0 Å². The van der Waals surface area contributed by atoms with Gasteiger partial charge >= 0.3 is 5.97 Å². The van der Waals surface area contributed by atoms with Crippen LogP contribution in [0.25, 0.3) is 0 Å². The molecular formula is C11H16N2O2. The molecule has 82 valence electrons. The second-order valence-corrected chi connectivity index (χ2v) is 3.90. The van der Waals surface area contributed by atoms with Crippen molar-refractivity contribution < 1.29 is 9.53 Å². The summed E-state index contributed by atoms with van der Waals surface area (Å²) in [4.78, 5) is 11.4. The van der Waals surface area contributed by atoms with Crippen LogP contribution < -0.4 is 5.32 Å². The molecule has 1 unspecified atom stereocenters. The first-order valence-electron chi connectivity index (χ1n) is 5.25. The van der Waals surface area contributed by atoms with Crippen LogP contribution in [0.4, 0.5) is 0 Å². The van der Waals surface area contributed by atoms with Gasteiger partial charge < -0.3 is 14.6 Å². The van der Waals surface area contributed by atoms with Crippen LogP contribution in [0.5, 0.6) is 0 Å². The van der Waals surface area contributed by atoms with Gasteiger partial charge in [0.2, 0.25) is 0 Å². The number of hydrogen-bond acceptors (Lipinski definition) is 3. The van der Waals surface area contributed by atoms with Crippen molar-refractivity contribution in [2.75, 3.05) is 20.2 Å². The molecule has 2 heterocycles. The van der Waals surface area contributed by atoms with Gasteiger partial charge in [0.15, 0.2) is 0 Å². The van der Waals surface area contributed by atoms with E-state index < -0.39 is 0 Å². The Hall–Kier alpha value is -1.29. The topological polar surface area (TPSA) is 43.3 Å². The molecule has 0 radical (unpaired) electrons. The van der Waals surface area contributed by atoms with E-state index in [1.165, 1.54) is 13.5 Å². The zero-order chi connectivity index (χ0) is 10.7. The Morgan fingerprint density at radius 2 is 2.60 bits per heavy atom. The normalized spacial score (nSPS) is 20.5. The second kappa shape index (κ2) is 4.49. The van der Waals surface area contributed by atoms with Crippen LogP contribution in [0.2, 0.25) is 0 Å². The van der Waals surface area contributed by atoms with Gasteiger partial charge in [-0.3, -0.25) is 0 Å². The number of hydrogen-bond donors (Lipinski definition) is 1. The van der Waals surface area contributed by atoms with Gasteiger partial charge in [0, 0.05) is 12.7 Å². The molecule has 1 aromatic heterocycles. The zero-order valence-corrected chi connectivity index (χ0v) is 8.90. The third-order valence-corrected chi connectivity index (χ3v) is 2.84. The summed E-state index contributed by atoms with van der Waals surface area (Å²) < 4.78 is 6.70. The highest BCUT2D eigenvalue weighted by Crippen LogP contribution is 2.13. The first-order chi connectivity index (χ1) is 7.31. The van der Waals surface area contributed by atoms with Gasteiger partial charge in [-0.15, -0.1) is 0 Å². The average molecular weight is 208 g/mol. The Morgan fingerprint density at radius 1 is 1.73 bits per heavy atom. The van der Waals surface area contributed by atoms with E-state index in [1.807, 2.05) is 16.8 Å². The lowest BCUT2D eigenvalue weighted by molar-refractivity contribution is 0.0587. The summed E-state index contributed by atoms with van der Waals surface area (Å²) in [7, 11) is 1.41. The Balaban J connectivity index is 2.07. The predicted molar refractivity (Wildman–Crippen MR) is 56.7 cm³/mol. The van der Waals surface area contributed by atoms with Gasteiger partial charge in [0.25, 0.3) is 0 Å². The van der Waals surface area contributed by atoms with Crippen molar-refractivity contribution in [2.24, 2.45) is 5.92 Å². The highest BCUT2D eigenvalue weighted by atomic mass is 16.5. The van der Waals surface area contributed by atoms with Crippen molar-refractivity contribution in [1.82, 2.24) is 9.88 Å². The van der Waals surface area contributed by atoms with E-state index in [0.717, 1.165) is 19.6 Å². The number of nitrogens with zero attached hydrogens (tertiary/aromatic N) is 1. The Bertz CT molecular complexity index is 340. The zero-order valence-electron chi connectivity index (χ0n) is 8.90. The Kier molecular flexibility index (Phi) is 3.06. The third-order valence-electron chi connectivity index (χ3n) is 2.84. The number of rotatable bonds is 3. The molecule has 0 saturated carbocycles. The van der Waals surface area contributed by atoms with Crippen LogP contribution in [0.3, 0.4) is 0 Å². The minimum atomic E-state index is -0.258. The molecule has 1 N–H and O–H groups in total. The number of ether oxygens (including phenoxy) is 1. The van der Waals surface area contributed by atoms with E-state index in [9.17, 15) is 4.79 Å². The van der Waals surface area contributed by atoms with Gasteiger partial charge in [-0.1, -0.05) is 0 Å². The van der Waals surface area contributed by atoms with Crippen LogP contribution in [0.1, 0.15) is 16.9 Å². The maximum absolute atomic E-state index is 11.4. The van der Waals surface area contributed by atoms with Crippen molar-refractivity contribution in [3.63, 3.8) is 0 Å². The first-order valence-corrected chi connectivity index (χ1v) is 5.25. The van der Waals surface area contributed by atoms with Gasteiger partial charge in [0.1, 0.15) is 5.69 Å². The average Bonchev–Trinajstić information content (AvgIpc) is 2.88. The molecule has 1 saturated heterocycles. The van der Waals surface area contributed by atoms with Crippen molar-refractivity contribution in [3.8, 4) is 0 Å². The van der Waals surface area contributed by atoms with Crippen molar-refractivity contribution in [2.45, 2.75) is 13.0 Å². The largest absolute Gasteiger partial charge is 0.464 e. The molecule has 1 aliphatic rings. The third kappa shape index (κ3) is 2.21. The number of nitrogens with one attached hydrogen (secondary N) is 1. The maximum atomic E-state index is 11.4. The number of carbonyl (C=O) groups is 1. The van der Waals surface area contributed by atoms with Gasteiger partial charge in [-0.05, 0) is 37.6 Å². The Labute approximate surface area is 89.2 Å². The summed E-state index contributed by atoms with van der Waals surface area (Å²) in [6.45, 7) is 3.02. The summed E-state index contributed by atoms with van der Waals surface area (Å²) >= 11 is 0. The number of carbonyl (C=O) groups excluding carboxylic acids is 1. The molecule has 15 heavy (non-hydrogen) atoms.